The maximum atomic E-state index is 12.6. The van der Waals surface area contributed by atoms with Crippen LogP contribution in [0.3, 0.4) is 0 Å². The minimum Gasteiger partial charge on any atom is -0.348 e. The van der Waals surface area contributed by atoms with E-state index in [1.807, 2.05) is 12.3 Å². The van der Waals surface area contributed by atoms with Crippen molar-refractivity contribution in [1.29, 1.82) is 0 Å². The molecule has 4 bridgehead atoms. The summed E-state index contributed by atoms with van der Waals surface area (Å²) in [7, 11) is 0. The lowest BCUT2D eigenvalue weighted by atomic mass is 9.48. The Morgan fingerprint density at radius 1 is 1.21 bits per heavy atom. The van der Waals surface area contributed by atoms with Gasteiger partial charge in [-0.2, -0.15) is 4.57 Å². The zero-order valence-corrected chi connectivity index (χ0v) is 15.3. The van der Waals surface area contributed by atoms with E-state index in [1.54, 1.807) is 0 Å². The summed E-state index contributed by atoms with van der Waals surface area (Å²) in [6, 6.07) is 4.43. The highest BCUT2D eigenvalue weighted by Gasteiger charge is 2.53. The molecule has 1 aromatic heterocycles. The fourth-order valence-corrected chi connectivity index (χ4v) is 6.22. The Labute approximate surface area is 145 Å². The third-order valence-electron chi connectivity index (χ3n) is 7.31. The van der Waals surface area contributed by atoms with Gasteiger partial charge in [0.2, 0.25) is 6.54 Å². The molecule has 3 nitrogen and oxygen atoms in total. The summed E-state index contributed by atoms with van der Waals surface area (Å²) in [5.74, 6) is 2.97. The highest BCUT2D eigenvalue weighted by Crippen LogP contribution is 2.61. The summed E-state index contributed by atoms with van der Waals surface area (Å²) in [5.41, 5.74) is 2.80. The van der Waals surface area contributed by atoms with E-state index in [0.29, 0.717) is 18.0 Å². The van der Waals surface area contributed by atoms with E-state index >= 15 is 0 Å². The van der Waals surface area contributed by atoms with Gasteiger partial charge < -0.3 is 5.32 Å². The second kappa shape index (κ2) is 5.86. The van der Waals surface area contributed by atoms with Crippen molar-refractivity contribution in [2.45, 2.75) is 71.9 Å². The lowest BCUT2D eigenvalue weighted by Crippen LogP contribution is -2.57. The maximum absolute atomic E-state index is 12.6. The lowest BCUT2D eigenvalue weighted by Gasteiger charge is -2.59. The molecule has 0 aliphatic heterocycles. The van der Waals surface area contributed by atoms with Crippen LogP contribution >= 0.6 is 0 Å². The Bertz CT molecular complexity index is 616. The molecule has 1 aromatic rings. The molecule has 24 heavy (non-hydrogen) atoms. The van der Waals surface area contributed by atoms with Gasteiger partial charge in [-0.3, -0.25) is 4.79 Å². The molecule has 0 spiro atoms. The van der Waals surface area contributed by atoms with E-state index < -0.39 is 0 Å². The minimum atomic E-state index is 0.164. The number of rotatable bonds is 4. The summed E-state index contributed by atoms with van der Waals surface area (Å²) in [5, 5.41) is 3.37. The fourth-order valence-electron chi connectivity index (χ4n) is 6.22. The molecule has 4 aliphatic rings. The van der Waals surface area contributed by atoms with Gasteiger partial charge in [-0.25, -0.2) is 0 Å². The lowest BCUT2D eigenvalue weighted by molar-refractivity contribution is -0.690. The molecular formula is C21H31N2O+. The zero-order valence-electron chi connectivity index (χ0n) is 15.3. The van der Waals surface area contributed by atoms with Gasteiger partial charge in [0, 0.05) is 24.6 Å². The number of hydrogen-bond donors (Lipinski definition) is 1. The number of hydrogen-bond acceptors (Lipinski definition) is 1. The number of amides is 1. The van der Waals surface area contributed by atoms with Crippen LogP contribution in [-0.2, 0) is 11.3 Å². The van der Waals surface area contributed by atoms with Crippen molar-refractivity contribution in [1.82, 2.24) is 5.32 Å². The molecule has 0 radical (unpaired) electrons. The van der Waals surface area contributed by atoms with Crippen LogP contribution in [0.25, 0.3) is 0 Å². The van der Waals surface area contributed by atoms with Crippen LogP contribution in [0.15, 0.2) is 18.3 Å². The van der Waals surface area contributed by atoms with Gasteiger partial charge in [0.25, 0.3) is 5.91 Å². The number of aryl methyl sites for hydroxylation is 1. The Morgan fingerprint density at radius 3 is 2.38 bits per heavy atom. The standard InChI is InChI=1S/C21H30N2O/c1-14-5-4-6-23(15(14)2)13-20(24)22-16(3)21-10-17-7-18(11-21)9-19(8-17)12-21/h4-6,16-19H,7-13H2,1-3H3/p+1/t16-,17?,18?,19?,21?/m0/s1. The highest BCUT2D eigenvalue weighted by molar-refractivity contribution is 5.74. The van der Waals surface area contributed by atoms with Crippen molar-refractivity contribution in [3.8, 4) is 0 Å². The van der Waals surface area contributed by atoms with Crippen molar-refractivity contribution in [2.75, 3.05) is 0 Å². The topological polar surface area (TPSA) is 33.0 Å². The average Bonchev–Trinajstić information content (AvgIpc) is 2.50. The van der Waals surface area contributed by atoms with Crippen LogP contribution in [0, 0.1) is 37.0 Å². The van der Waals surface area contributed by atoms with Gasteiger partial charge in [0.05, 0.1) is 0 Å². The van der Waals surface area contributed by atoms with Crippen LogP contribution in [-0.4, -0.2) is 11.9 Å². The van der Waals surface area contributed by atoms with E-state index in [2.05, 4.69) is 36.7 Å². The minimum absolute atomic E-state index is 0.164. The molecule has 1 heterocycles. The first kappa shape index (κ1) is 16.1. The highest BCUT2D eigenvalue weighted by atomic mass is 16.2. The van der Waals surface area contributed by atoms with Crippen LogP contribution in [0.5, 0.6) is 0 Å². The molecule has 4 aliphatic carbocycles. The Morgan fingerprint density at radius 2 is 1.79 bits per heavy atom. The number of aromatic nitrogens is 1. The van der Waals surface area contributed by atoms with Crippen LogP contribution in [0.1, 0.15) is 56.7 Å². The second-order valence-electron chi connectivity index (χ2n) is 8.97. The molecule has 4 saturated carbocycles. The van der Waals surface area contributed by atoms with E-state index in [-0.39, 0.29) is 5.91 Å². The largest absolute Gasteiger partial charge is 0.348 e. The molecule has 1 atom stereocenters. The summed E-state index contributed by atoms with van der Waals surface area (Å²) in [6.45, 7) is 6.88. The SMILES string of the molecule is Cc1ccc[n+](CC(=O)N[C@@H](C)C23CC4CC(CC(C4)C2)C3)c1C. The number of pyridine rings is 1. The molecule has 4 fully saturated rings. The van der Waals surface area contributed by atoms with Gasteiger partial charge in [0.1, 0.15) is 0 Å². The number of carbonyl (C=O) groups excluding carboxylic acids is 1. The molecular weight excluding hydrogens is 296 g/mol. The van der Waals surface area contributed by atoms with Crippen LogP contribution in [0.4, 0.5) is 0 Å². The monoisotopic (exact) mass is 327 g/mol. The van der Waals surface area contributed by atoms with Gasteiger partial charge in [-0.15, -0.1) is 0 Å². The number of nitrogens with one attached hydrogen (secondary N) is 1. The number of nitrogens with zero attached hydrogens (tertiary/aromatic N) is 1. The maximum Gasteiger partial charge on any atom is 0.286 e. The molecule has 3 heteroatoms. The van der Waals surface area contributed by atoms with Gasteiger partial charge >= 0.3 is 0 Å². The molecule has 0 unspecified atom stereocenters. The molecule has 1 amide bonds. The van der Waals surface area contributed by atoms with Gasteiger partial charge in [0.15, 0.2) is 11.9 Å². The van der Waals surface area contributed by atoms with Crippen LogP contribution < -0.4 is 9.88 Å². The zero-order chi connectivity index (χ0) is 16.9. The van der Waals surface area contributed by atoms with Gasteiger partial charge in [-0.05, 0) is 81.6 Å². The summed E-state index contributed by atoms with van der Waals surface area (Å²) < 4.78 is 2.07. The van der Waals surface area contributed by atoms with E-state index in [1.165, 1.54) is 49.8 Å². The summed E-state index contributed by atoms with van der Waals surface area (Å²) in [4.78, 5) is 12.6. The van der Waals surface area contributed by atoms with E-state index in [9.17, 15) is 4.79 Å². The molecule has 0 saturated heterocycles. The molecule has 1 N–H and O–H groups in total. The summed E-state index contributed by atoms with van der Waals surface area (Å²) >= 11 is 0. The fraction of sp³-hybridized carbons (Fsp3) is 0.714. The van der Waals surface area contributed by atoms with Crippen molar-refractivity contribution in [3.63, 3.8) is 0 Å². The van der Waals surface area contributed by atoms with Crippen molar-refractivity contribution in [3.05, 3.63) is 29.6 Å². The predicted molar refractivity (Wildman–Crippen MR) is 94.3 cm³/mol. The van der Waals surface area contributed by atoms with Crippen molar-refractivity contribution >= 4 is 5.91 Å². The number of carbonyl (C=O) groups is 1. The predicted octanol–water partition coefficient (Wildman–Crippen LogP) is 3.31. The third-order valence-corrected chi connectivity index (χ3v) is 7.31. The Hall–Kier alpha value is -1.38. The van der Waals surface area contributed by atoms with Crippen LogP contribution in [0.2, 0.25) is 0 Å². The Balaban J connectivity index is 1.43. The summed E-state index contributed by atoms with van der Waals surface area (Å²) in [6.07, 6.45) is 10.4. The van der Waals surface area contributed by atoms with E-state index in [0.717, 1.165) is 17.8 Å². The Kier molecular flexibility index (Phi) is 3.93. The third kappa shape index (κ3) is 2.76. The first-order chi connectivity index (χ1) is 11.4. The van der Waals surface area contributed by atoms with E-state index in [4.69, 9.17) is 0 Å². The first-order valence-electron chi connectivity index (χ1n) is 9.70. The molecule has 5 rings (SSSR count). The second-order valence-corrected chi connectivity index (χ2v) is 8.97. The smallest absolute Gasteiger partial charge is 0.286 e. The quantitative estimate of drug-likeness (QED) is 0.846. The molecule has 130 valence electrons. The molecule has 0 aromatic carbocycles. The first-order valence-corrected chi connectivity index (χ1v) is 9.70. The van der Waals surface area contributed by atoms with Gasteiger partial charge in [-0.1, -0.05) is 0 Å². The average molecular weight is 327 g/mol. The van der Waals surface area contributed by atoms with Crippen molar-refractivity contribution < 1.29 is 9.36 Å². The van der Waals surface area contributed by atoms with Crippen molar-refractivity contribution in [2.24, 2.45) is 23.2 Å². The normalized spacial score (nSPS) is 35.0.